The maximum absolute atomic E-state index is 12.2. The number of amides is 1. The summed E-state index contributed by atoms with van der Waals surface area (Å²) in [4.78, 5) is 12.2. The molecule has 2 rings (SSSR count). The van der Waals surface area contributed by atoms with Gasteiger partial charge >= 0.3 is 0 Å². The fourth-order valence-corrected chi connectivity index (χ4v) is 2.18. The van der Waals surface area contributed by atoms with Gasteiger partial charge in [-0.05, 0) is 42.8 Å². The third-order valence-electron chi connectivity index (χ3n) is 2.93. The first kappa shape index (κ1) is 14.4. The van der Waals surface area contributed by atoms with Crippen LogP contribution in [0.25, 0.3) is 0 Å². The van der Waals surface area contributed by atoms with Crippen LogP contribution in [0.4, 0.5) is 11.4 Å². The van der Waals surface area contributed by atoms with Crippen LogP contribution in [0.15, 0.2) is 40.9 Å². The molecule has 5 heteroatoms. The summed E-state index contributed by atoms with van der Waals surface area (Å²) in [5.74, 6) is 0.457. The molecule has 0 radical (unpaired) electrons. The molecule has 0 fully saturated rings. The molecule has 0 aliphatic heterocycles. The number of halogens is 1. The van der Waals surface area contributed by atoms with Gasteiger partial charge in [0.05, 0.1) is 18.5 Å². The van der Waals surface area contributed by atoms with E-state index in [0.29, 0.717) is 22.7 Å². The smallest absolute Gasteiger partial charge is 0.255 e. The number of aryl methyl sites for hydroxylation is 1. The van der Waals surface area contributed by atoms with E-state index >= 15 is 0 Å². The SMILES string of the molecule is COc1cc(C(=O)Nc2ccc(Br)cc2N)ccc1C. The summed E-state index contributed by atoms with van der Waals surface area (Å²) in [7, 11) is 1.58. The highest BCUT2D eigenvalue weighted by Crippen LogP contribution is 2.24. The van der Waals surface area contributed by atoms with Crippen molar-refractivity contribution in [3.63, 3.8) is 0 Å². The summed E-state index contributed by atoms with van der Waals surface area (Å²) in [6.07, 6.45) is 0. The van der Waals surface area contributed by atoms with Crippen LogP contribution in [0.1, 0.15) is 15.9 Å². The largest absolute Gasteiger partial charge is 0.496 e. The van der Waals surface area contributed by atoms with E-state index in [1.165, 1.54) is 0 Å². The Morgan fingerprint density at radius 3 is 2.65 bits per heavy atom. The molecule has 1 amide bonds. The quantitative estimate of drug-likeness (QED) is 0.843. The molecular formula is C15H15BrN2O2. The number of nitrogens with one attached hydrogen (secondary N) is 1. The molecule has 0 saturated heterocycles. The van der Waals surface area contributed by atoms with Gasteiger partial charge in [0, 0.05) is 10.0 Å². The van der Waals surface area contributed by atoms with Crippen LogP contribution in [0.5, 0.6) is 5.75 Å². The van der Waals surface area contributed by atoms with Crippen LogP contribution in [0.3, 0.4) is 0 Å². The van der Waals surface area contributed by atoms with E-state index in [1.54, 1.807) is 31.4 Å². The molecule has 0 spiro atoms. The van der Waals surface area contributed by atoms with E-state index in [9.17, 15) is 4.79 Å². The lowest BCUT2D eigenvalue weighted by atomic mass is 10.1. The summed E-state index contributed by atoms with van der Waals surface area (Å²) in [5.41, 5.74) is 8.45. The Kier molecular flexibility index (Phi) is 4.29. The average Bonchev–Trinajstić information content (AvgIpc) is 2.42. The van der Waals surface area contributed by atoms with Crippen LogP contribution < -0.4 is 15.8 Å². The number of hydrogen-bond acceptors (Lipinski definition) is 3. The minimum atomic E-state index is -0.225. The Morgan fingerprint density at radius 2 is 2.00 bits per heavy atom. The van der Waals surface area contributed by atoms with E-state index < -0.39 is 0 Å². The molecule has 0 saturated carbocycles. The third-order valence-corrected chi connectivity index (χ3v) is 3.43. The maximum Gasteiger partial charge on any atom is 0.255 e. The molecule has 3 N–H and O–H groups in total. The number of ether oxygens (including phenoxy) is 1. The van der Waals surface area contributed by atoms with Crippen molar-refractivity contribution in [1.82, 2.24) is 0 Å². The van der Waals surface area contributed by atoms with E-state index in [0.717, 1.165) is 10.0 Å². The van der Waals surface area contributed by atoms with Crippen LogP contribution >= 0.6 is 15.9 Å². The summed E-state index contributed by atoms with van der Waals surface area (Å²) in [6.45, 7) is 1.92. The second-order valence-corrected chi connectivity index (χ2v) is 5.29. The molecule has 0 unspecified atom stereocenters. The number of nitrogen functional groups attached to an aromatic ring is 1. The highest BCUT2D eigenvalue weighted by atomic mass is 79.9. The summed E-state index contributed by atoms with van der Waals surface area (Å²) >= 11 is 3.33. The van der Waals surface area contributed by atoms with Gasteiger partial charge < -0.3 is 15.8 Å². The first-order valence-corrected chi connectivity index (χ1v) is 6.81. The second kappa shape index (κ2) is 5.96. The van der Waals surface area contributed by atoms with Gasteiger partial charge in [-0.25, -0.2) is 0 Å². The van der Waals surface area contributed by atoms with Gasteiger partial charge in [0.25, 0.3) is 5.91 Å². The summed E-state index contributed by atoms with van der Waals surface area (Å²) in [5, 5.41) is 2.78. The normalized spacial score (nSPS) is 10.2. The van der Waals surface area contributed by atoms with Crippen LogP contribution in [-0.4, -0.2) is 13.0 Å². The van der Waals surface area contributed by atoms with Gasteiger partial charge in [-0.1, -0.05) is 22.0 Å². The monoisotopic (exact) mass is 334 g/mol. The zero-order valence-corrected chi connectivity index (χ0v) is 12.8. The first-order valence-electron chi connectivity index (χ1n) is 6.02. The average molecular weight is 335 g/mol. The molecule has 20 heavy (non-hydrogen) atoms. The molecule has 0 atom stereocenters. The van der Waals surface area contributed by atoms with Crippen LogP contribution in [0.2, 0.25) is 0 Å². The number of benzene rings is 2. The highest BCUT2D eigenvalue weighted by Gasteiger charge is 2.10. The Balaban J connectivity index is 2.24. The molecule has 104 valence electrons. The molecule has 0 heterocycles. The summed E-state index contributed by atoms with van der Waals surface area (Å²) in [6, 6.07) is 10.6. The van der Waals surface area contributed by atoms with Crippen molar-refractivity contribution in [2.75, 3.05) is 18.2 Å². The topological polar surface area (TPSA) is 64.3 Å². The zero-order valence-electron chi connectivity index (χ0n) is 11.2. The van der Waals surface area contributed by atoms with Crippen LogP contribution in [0, 0.1) is 6.92 Å². The van der Waals surface area contributed by atoms with E-state index in [-0.39, 0.29) is 5.91 Å². The molecule has 0 bridgehead atoms. The predicted octanol–water partition coefficient (Wildman–Crippen LogP) is 3.60. The number of carbonyl (C=O) groups excluding carboxylic acids is 1. The number of nitrogens with two attached hydrogens (primary N) is 1. The van der Waals surface area contributed by atoms with E-state index in [1.807, 2.05) is 19.1 Å². The first-order chi connectivity index (χ1) is 9.51. The number of hydrogen-bond donors (Lipinski definition) is 2. The van der Waals surface area contributed by atoms with Gasteiger partial charge in [-0.3, -0.25) is 4.79 Å². The van der Waals surface area contributed by atoms with Crippen molar-refractivity contribution in [3.05, 3.63) is 52.0 Å². The van der Waals surface area contributed by atoms with Gasteiger partial charge in [0.2, 0.25) is 0 Å². The maximum atomic E-state index is 12.2. The minimum Gasteiger partial charge on any atom is -0.496 e. The zero-order chi connectivity index (χ0) is 14.7. The second-order valence-electron chi connectivity index (χ2n) is 4.37. The molecular weight excluding hydrogens is 320 g/mol. The van der Waals surface area contributed by atoms with Crippen molar-refractivity contribution < 1.29 is 9.53 Å². The van der Waals surface area contributed by atoms with Gasteiger partial charge in [-0.15, -0.1) is 0 Å². The lowest BCUT2D eigenvalue weighted by molar-refractivity contribution is 0.102. The van der Waals surface area contributed by atoms with Gasteiger partial charge in [0.1, 0.15) is 5.75 Å². The number of anilines is 2. The molecule has 0 aliphatic carbocycles. The van der Waals surface area contributed by atoms with Gasteiger partial charge in [-0.2, -0.15) is 0 Å². The van der Waals surface area contributed by atoms with Gasteiger partial charge in [0.15, 0.2) is 0 Å². The lowest BCUT2D eigenvalue weighted by Gasteiger charge is -2.10. The minimum absolute atomic E-state index is 0.225. The van der Waals surface area contributed by atoms with E-state index in [2.05, 4.69) is 21.2 Å². The number of carbonyl (C=O) groups is 1. The fourth-order valence-electron chi connectivity index (χ4n) is 1.80. The Labute approximate surface area is 126 Å². The highest BCUT2D eigenvalue weighted by molar-refractivity contribution is 9.10. The molecule has 2 aromatic rings. The Bertz CT molecular complexity index is 656. The molecule has 2 aromatic carbocycles. The number of rotatable bonds is 3. The van der Waals surface area contributed by atoms with Crippen molar-refractivity contribution in [2.45, 2.75) is 6.92 Å². The predicted molar refractivity (Wildman–Crippen MR) is 84.2 cm³/mol. The molecule has 0 aromatic heterocycles. The molecule has 0 aliphatic rings. The number of methoxy groups -OCH3 is 1. The fraction of sp³-hybridized carbons (Fsp3) is 0.133. The third kappa shape index (κ3) is 3.11. The molecule has 4 nitrogen and oxygen atoms in total. The summed E-state index contributed by atoms with van der Waals surface area (Å²) < 4.78 is 6.08. The van der Waals surface area contributed by atoms with Crippen molar-refractivity contribution in [2.24, 2.45) is 0 Å². The lowest BCUT2D eigenvalue weighted by Crippen LogP contribution is -2.13. The van der Waals surface area contributed by atoms with Crippen LogP contribution in [-0.2, 0) is 0 Å². The Hall–Kier alpha value is -2.01. The Morgan fingerprint density at radius 1 is 1.25 bits per heavy atom. The van der Waals surface area contributed by atoms with Crippen molar-refractivity contribution in [1.29, 1.82) is 0 Å². The van der Waals surface area contributed by atoms with Crippen molar-refractivity contribution in [3.8, 4) is 5.75 Å². The standard InChI is InChI=1S/C15H15BrN2O2/c1-9-3-4-10(7-14(9)20-2)15(19)18-13-6-5-11(16)8-12(13)17/h3-8H,17H2,1-2H3,(H,18,19). The van der Waals surface area contributed by atoms with E-state index in [4.69, 9.17) is 10.5 Å². The van der Waals surface area contributed by atoms with Crippen molar-refractivity contribution >= 4 is 33.2 Å².